The zero-order chi connectivity index (χ0) is 9.42. The molecule has 1 aromatic carbocycles. The van der Waals surface area contributed by atoms with E-state index in [9.17, 15) is 4.39 Å². The van der Waals surface area contributed by atoms with Crippen molar-refractivity contribution in [3.8, 4) is 5.75 Å². The second-order valence-corrected chi connectivity index (χ2v) is 3.46. The third-order valence-corrected chi connectivity index (χ3v) is 2.11. The largest absolute Gasteiger partial charge is 0.488 e. The second-order valence-electron chi connectivity index (χ2n) is 3.46. The molecule has 0 saturated heterocycles. The minimum atomic E-state index is -0.277. The van der Waals surface area contributed by atoms with Gasteiger partial charge < -0.3 is 10.5 Å². The lowest BCUT2D eigenvalue weighted by atomic mass is 10.2. The molecule has 2 nitrogen and oxygen atoms in total. The minimum Gasteiger partial charge on any atom is -0.488 e. The molecule has 0 spiro atoms. The van der Waals surface area contributed by atoms with Crippen LogP contribution in [0.15, 0.2) is 12.1 Å². The summed E-state index contributed by atoms with van der Waals surface area (Å²) in [5.41, 5.74) is 6.56. The van der Waals surface area contributed by atoms with Gasteiger partial charge in [0, 0.05) is 6.07 Å². The Morgan fingerprint density at radius 2 is 2.15 bits per heavy atom. The molecule has 13 heavy (non-hydrogen) atoms. The van der Waals surface area contributed by atoms with Gasteiger partial charge in [0.1, 0.15) is 11.6 Å². The Bertz CT molecular complexity index is 334. The van der Waals surface area contributed by atoms with E-state index >= 15 is 0 Å². The number of aryl methyl sites for hydroxylation is 1. The molecule has 1 saturated carbocycles. The summed E-state index contributed by atoms with van der Waals surface area (Å²) in [4.78, 5) is 0. The van der Waals surface area contributed by atoms with Crippen LogP contribution in [0.25, 0.3) is 0 Å². The van der Waals surface area contributed by atoms with Crippen LogP contribution < -0.4 is 10.5 Å². The van der Waals surface area contributed by atoms with Gasteiger partial charge in [0.25, 0.3) is 0 Å². The molecule has 0 aliphatic heterocycles. The predicted molar refractivity (Wildman–Crippen MR) is 49.2 cm³/mol. The number of benzene rings is 1. The van der Waals surface area contributed by atoms with Crippen molar-refractivity contribution >= 4 is 5.69 Å². The summed E-state index contributed by atoms with van der Waals surface area (Å²) < 4.78 is 18.5. The van der Waals surface area contributed by atoms with Crippen molar-refractivity contribution in [3.05, 3.63) is 23.5 Å². The van der Waals surface area contributed by atoms with Crippen LogP contribution in [-0.4, -0.2) is 6.10 Å². The van der Waals surface area contributed by atoms with E-state index in [1.807, 2.05) is 0 Å². The average molecular weight is 181 g/mol. The number of nitrogens with two attached hydrogens (primary N) is 1. The smallest absolute Gasteiger partial charge is 0.143 e. The summed E-state index contributed by atoms with van der Waals surface area (Å²) >= 11 is 0. The summed E-state index contributed by atoms with van der Waals surface area (Å²) in [6.45, 7) is 1.70. The molecule has 1 aliphatic carbocycles. The second kappa shape index (κ2) is 2.91. The van der Waals surface area contributed by atoms with Crippen LogP contribution in [0.5, 0.6) is 5.75 Å². The van der Waals surface area contributed by atoms with Crippen molar-refractivity contribution in [3.63, 3.8) is 0 Å². The molecule has 0 amide bonds. The van der Waals surface area contributed by atoms with Crippen LogP contribution >= 0.6 is 0 Å². The van der Waals surface area contributed by atoms with Crippen molar-refractivity contribution in [1.29, 1.82) is 0 Å². The van der Waals surface area contributed by atoms with Gasteiger partial charge in [-0.25, -0.2) is 4.39 Å². The maximum atomic E-state index is 13.0. The van der Waals surface area contributed by atoms with Crippen molar-refractivity contribution in [2.45, 2.75) is 25.9 Å². The van der Waals surface area contributed by atoms with E-state index in [-0.39, 0.29) is 5.82 Å². The third kappa shape index (κ3) is 1.74. The van der Waals surface area contributed by atoms with E-state index in [2.05, 4.69) is 0 Å². The van der Waals surface area contributed by atoms with Crippen LogP contribution in [0, 0.1) is 12.7 Å². The first kappa shape index (κ1) is 8.35. The van der Waals surface area contributed by atoms with E-state index < -0.39 is 0 Å². The van der Waals surface area contributed by atoms with E-state index in [0.717, 1.165) is 12.8 Å². The SMILES string of the molecule is Cc1cc(OC2CC2)c(N)cc1F. The summed E-state index contributed by atoms with van der Waals surface area (Å²) in [6, 6.07) is 2.97. The molecule has 1 fully saturated rings. The van der Waals surface area contributed by atoms with E-state index in [1.165, 1.54) is 6.07 Å². The Morgan fingerprint density at radius 3 is 2.77 bits per heavy atom. The molecule has 0 heterocycles. The molecule has 1 aromatic rings. The number of rotatable bonds is 2. The molecule has 0 bridgehead atoms. The molecular formula is C10H12FNO. The highest BCUT2D eigenvalue weighted by Crippen LogP contribution is 2.31. The van der Waals surface area contributed by atoms with Gasteiger partial charge in [0.15, 0.2) is 0 Å². The molecule has 0 unspecified atom stereocenters. The van der Waals surface area contributed by atoms with E-state index in [1.54, 1.807) is 13.0 Å². The summed E-state index contributed by atoms with van der Waals surface area (Å²) in [5, 5.41) is 0. The first-order valence-corrected chi connectivity index (χ1v) is 4.39. The number of halogens is 1. The van der Waals surface area contributed by atoms with Crippen LogP contribution in [0.3, 0.4) is 0 Å². The van der Waals surface area contributed by atoms with Gasteiger partial charge in [0.2, 0.25) is 0 Å². The number of hydrogen-bond donors (Lipinski definition) is 1. The fourth-order valence-electron chi connectivity index (χ4n) is 1.14. The van der Waals surface area contributed by atoms with Crippen LogP contribution in [0.2, 0.25) is 0 Å². The maximum absolute atomic E-state index is 13.0. The maximum Gasteiger partial charge on any atom is 0.143 e. The van der Waals surface area contributed by atoms with Crippen LogP contribution in [-0.2, 0) is 0 Å². The first-order valence-electron chi connectivity index (χ1n) is 4.39. The van der Waals surface area contributed by atoms with Gasteiger partial charge in [-0.3, -0.25) is 0 Å². The fraction of sp³-hybridized carbons (Fsp3) is 0.400. The summed E-state index contributed by atoms with van der Waals surface area (Å²) in [7, 11) is 0. The highest BCUT2D eigenvalue weighted by atomic mass is 19.1. The number of ether oxygens (including phenoxy) is 1. The number of hydrogen-bond acceptors (Lipinski definition) is 2. The zero-order valence-electron chi connectivity index (χ0n) is 7.51. The van der Waals surface area contributed by atoms with Crippen molar-refractivity contribution < 1.29 is 9.13 Å². The van der Waals surface area contributed by atoms with Gasteiger partial charge >= 0.3 is 0 Å². The van der Waals surface area contributed by atoms with Gasteiger partial charge in [-0.15, -0.1) is 0 Å². The highest BCUT2D eigenvalue weighted by molar-refractivity contribution is 5.54. The Labute approximate surface area is 76.5 Å². The predicted octanol–water partition coefficient (Wildman–Crippen LogP) is 2.26. The standard InChI is InChI=1S/C10H12FNO/c1-6-4-10(13-7-2-3-7)9(12)5-8(6)11/h4-5,7H,2-3,12H2,1H3. The van der Waals surface area contributed by atoms with Gasteiger partial charge in [-0.1, -0.05) is 0 Å². The first-order chi connectivity index (χ1) is 6.16. The quantitative estimate of drug-likeness (QED) is 0.710. The number of anilines is 1. The summed E-state index contributed by atoms with van der Waals surface area (Å²) in [5.74, 6) is 0.335. The monoisotopic (exact) mass is 181 g/mol. The Kier molecular flexibility index (Phi) is 1.87. The van der Waals surface area contributed by atoms with Gasteiger partial charge in [-0.05, 0) is 31.4 Å². The zero-order valence-corrected chi connectivity index (χ0v) is 7.51. The lowest BCUT2D eigenvalue weighted by Gasteiger charge is -2.08. The highest BCUT2D eigenvalue weighted by Gasteiger charge is 2.24. The average Bonchev–Trinajstić information content (AvgIpc) is 2.84. The number of nitrogen functional groups attached to an aromatic ring is 1. The molecule has 0 atom stereocenters. The van der Waals surface area contributed by atoms with Gasteiger partial charge in [0.05, 0.1) is 11.8 Å². The molecule has 70 valence electrons. The molecule has 2 N–H and O–H groups in total. The normalized spacial score (nSPS) is 15.8. The molecule has 0 radical (unpaired) electrons. The van der Waals surface area contributed by atoms with Crippen molar-refractivity contribution in [2.24, 2.45) is 0 Å². The lowest BCUT2D eigenvalue weighted by Crippen LogP contribution is -2.01. The Balaban J connectivity index is 2.27. The van der Waals surface area contributed by atoms with Crippen molar-refractivity contribution in [2.75, 3.05) is 5.73 Å². The molecule has 0 aromatic heterocycles. The molecule has 1 aliphatic rings. The fourth-order valence-corrected chi connectivity index (χ4v) is 1.14. The van der Waals surface area contributed by atoms with Crippen LogP contribution in [0.1, 0.15) is 18.4 Å². The lowest BCUT2D eigenvalue weighted by molar-refractivity contribution is 0.304. The third-order valence-electron chi connectivity index (χ3n) is 2.11. The minimum absolute atomic E-state index is 0.277. The molecular weight excluding hydrogens is 169 g/mol. The molecule has 2 rings (SSSR count). The Hall–Kier alpha value is -1.25. The van der Waals surface area contributed by atoms with Crippen molar-refractivity contribution in [1.82, 2.24) is 0 Å². The van der Waals surface area contributed by atoms with Crippen LogP contribution in [0.4, 0.5) is 10.1 Å². The molecule has 3 heteroatoms. The van der Waals surface area contributed by atoms with Gasteiger partial charge in [-0.2, -0.15) is 0 Å². The van der Waals surface area contributed by atoms with E-state index in [4.69, 9.17) is 10.5 Å². The summed E-state index contributed by atoms with van der Waals surface area (Å²) in [6.07, 6.45) is 2.46. The topological polar surface area (TPSA) is 35.2 Å². The van der Waals surface area contributed by atoms with E-state index in [0.29, 0.717) is 23.1 Å². The Morgan fingerprint density at radius 1 is 1.46 bits per heavy atom.